The summed E-state index contributed by atoms with van der Waals surface area (Å²) in [4.78, 5) is 15.4. The Hall–Kier alpha value is -3.37. The third-order valence-electron chi connectivity index (χ3n) is 6.00. The van der Waals surface area contributed by atoms with Crippen LogP contribution in [0.1, 0.15) is 29.2 Å². The number of hydrogen-bond donors (Lipinski definition) is 2. The Morgan fingerprint density at radius 3 is 2.63 bits per heavy atom. The molecule has 0 aromatic heterocycles. The van der Waals surface area contributed by atoms with Crippen LogP contribution < -0.4 is 10.6 Å². The van der Waals surface area contributed by atoms with Gasteiger partial charge in [-0.15, -0.1) is 0 Å². The summed E-state index contributed by atoms with van der Waals surface area (Å²) in [6.07, 6.45) is 1.05. The van der Waals surface area contributed by atoms with Crippen LogP contribution in [-0.2, 0) is 17.8 Å². The van der Waals surface area contributed by atoms with E-state index in [9.17, 15) is 4.79 Å². The molecule has 3 aromatic carbocycles. The third-order valence-corrected chi connectivity index (χ3v) is 6.00. The normalized spacial score (nSPS) is 17.2. The average Bonchev–Trinajstić information content (AvgIpc) is 3.13. The Balaban J connectivity index is 1.58. The molecule has 0 unspecified atom stereocenters. The number of fused-ring (bicyclic) bond motifs is 2. The third kappa shape index (κ3) is 3.40. The number of anilines is 2. The molecule has 5 rings (SSSR count). The van der Waals surface area contributed by atoms with Crippen LogP contribution in [0.25, 0.3) is 11.3 Å². The molecule has 30 heavy (non-hydrogen) atoms. The first-order valence-electron chi connectivity index (χ1n) is 10.5. The van der Waals surface area contributed by atoms with Gasteiger partial charge in [-0.1, -0.05) is 61.5 Å². The Morgan fingerprint density at radius 1 is 1.00 bits per heavy atom. The highest BCUT2D eigenvalue weighted by molar-refractivity contribution is 6.37. The number of amides is 1. The summed E-state index contributed by atoms with van der Waals surface area (Å²) in [6, 6.07) is 24.5. The summed E-state index contributed by atoms with van der Waals surface area (Å²) >= 11 is 0. The van der Waals surface area contributed by atoms with Crippen LogP contribution in [0.3, 0.4) is 0 Å². The molecule has 4 nitrogen and oxygen atoms in total. The first kappa shape index (κ1) is 18.6. The molecular weight excluding hydrogens is 370 g/mol. The van der Waals surface area contributed by atoms with Crippen molar-refractivity contribution in [3.8, 4) is 0 Å². The van der Waals surface area contributed by atoms with Crippen molar-refractivity contribution >= 4 is 28.6 Å². The maximum Gasteiger partial charge on any atom is 0.258 e. The number of likely N-dealkylation sites (N-methyl/N-ethyl adjacent to an activating group) is 1. The van der Waals surface area contributed by atoms with Crippen molar-refractivity contribution in [3.63, 3.8) is 0 Å². The lowest BCUT2D eigenvalue weighted by Crippen LogP contribution is -2.30. The Kier molecular flexibility index (Phi) is 4.85. The molecule has 2 aliphatic heterocycles. The standard InChI is InChI=1S/C26H25N3O/c1-2-29-15-14-19-16-21(13-12-20(19)17-29)27-25(18-8-4-3-5-9-18)24-22-10-6-7-11-23(22)28-26(24)30/h3-13,16,27H,2,14-15,17H2,1H3,(H,28,30)/b25-24-. The minimum Gasteiger partial charge on any atom is -0.354 e. The summed E-state index contributed by atoms with van der Waals surface area (Å²) in [5.41, 5.74) is 8.11. The van der Waals surface area contributed by atoms with Crippen LogP contribution in [0.15, 0.2) is 72.8 Å². The molecule has 0 spiro atoms. The van der Waals surface area contributed by atoms with Gasteiger partial charge >= 0.3 is 0 Å². The van der Waals surface area contributed by atoms with Gasteiger partial charge in [-0.05, 0) is 47.9 Å². The SMILES string of the molecule is CCN1CCc2cc(N/C(=C3\C(=O)Nc4ccccc43)c3ccccc3)ccc2C1. The first-order chi connectivity index (χ1) is 14.7. The molecule has 3 aromatic rings. The molecule has 0 saturated heterocycles. The number of nitrogens with zero attached hydrogens (tertiary/aromatic N) is 1. The van der Waals surface area contributed by atoms with Gasteiger partial charge in [0.1, 0.15) is 0 Å². The molecule has 0 bridgehead atoms. The van der Waals surface area contributed by atoms with Crippen molar-refractivity contribution in [2.45, 2.75) is 19.9 Å². The summed E-state index contributed by atoms with van der Waals surface area (Å²) in [5.74, 6) is -0.0703. The van der Waals surface area contributed by atoms with E-state index in [4.69, 9.17) is 0 Å². The minimum absolute atomic E-state index is 0.0703. The van der Waals surface area contributed by atoms with E-state index in [-0.39, 0.29) is 5.91 Å². The van der Waals surface area contributed by atoms with Gasteiger partial charge in [-0.2, -0.15) is 0 Å². The minimum atomic E-state index is -0.0703. The molecule has 0 fully saturated rings. The quantitative estimate of drug-likeness (QED) is 0.611. The van der Waals surface area contributed by atoms with Crippen LogP contribution in [0.2, 0.25) is 0 Å². The number of hydrogen-bond acceptors (Lipinski definition) is 3. The topological polar surface area (TPSA) is 44.4 Å². The van der Waals surface area contributed by atoms with E-state index >= 15 is 0 Å². The van der Waals surface area contributed by atoms with E-state index < -0.39 is 0 Å². The van der Waals surface area contributed by atoms with E-state index in [1.54, 1.807) is 0 Å². The zero-order valence-corrected chi connectivity index (χ0v) is 17.1. The second-order valence-corrected chi connectivity index (χ2v) is 7.84. The van der Waals surface area contributed by atoms with Crippen LogP contribution in [0.4, 0.5) is 11.4 Å². The van der Waals surface area contributed by atoms with E-state index in [1.807, 2.05) is 54.6 Å². The molecular formula is C26H25N3O. The monoisotopic (exact) mass is 395 g/mol. The predicted molar refractivity (Wildman–Crippen MR) is 123 cm³/mol. The lowest BCUT2D eigenvalue weighted by molar-refractivity contribution is -0.110. The van der Waals surface area contributed by atoms with Crippen molar-refractivity contribution in [2.75, 3.05) is 23.7 Å². The van der Waals surface area contributed by atoms with Crippen molar-refractivity contribution in [3.05, 3.63) is 95.1 Å². The fraction of sp³-hybridized carbons (Fsp3) is 0.192. The summed E-state index contributed by atoms with van der Waals surface area (Å²) in [5, 5.41) is 6.59. The second kappa shape index (κ2) is 7.81. The number of benzene rings is 3. The van der Waals surface area contributed by atoms with Gasteiger partial charge in [0.05, 0.1) is 11.3 Å². The predicted octanol–water partition coefficient (Wildman–Crippen LogP) is 5.00. The van der Waals surface area contributed by atoms with E-state index in [1.165, 1.54) is 11.1 Å². The van der Waals surface area contributed by atoms with E-state index in [0.717, 1.165) is 54.3 Å². The van der Waals surface area contributed by atoms with Gasteiger partial charge in [0.2, 0.25) is 0 Å². The zero-order valence-electron chi connectivity index (χ0n) is 17.1. The van der Waals surface area contributed by atoms with Gasteiger partial charge in [-0.3, -0.25) is 9.69 Å². The van der Waals surface area contributed by atoms with Crippen molar-refractivity contribution in [1.29, 1.82) is 0 Å². The molecule has 0 saturated carbocycles. The number of nitrogens with one attached hydrogen (secondary N) is 2. The molecule has 0 aliphatic carbocycles. The van der Waals surface area contributed by atoms with Crippen LogP contribution in [-0.4, -0.2) is 23.9 Å². The van der Waals surface area contributed by atoms with Crippen molar-refractivity contribution in [1.82, 2.24) is 4.90 Å². The summed E-state index contributed by atoms with van der Waals surface area (Å²) < 4.78 is 0. The second-order valence-electron chi connectivity index (χ2n) is 7.84. The largest absolute Gasteiger partial charge is 0.354 e. The fourth-order valence-electron chi connectivity index (χ4n) is 4.35. The smallest absolute Gasteiger partial charge is 0.258 e. The molecule has 0 radical (unpaired) electrons. The molecule has 2 heterocycles. The Morgan fingerprint density at radius 2 is 1.80 bits per heavy atom. The van der Waals surface area contributed by atoms with Gasteiger partial charge in [-0.25, -0.2) is 0 Å². The van der Waals surface area contributed by atoms with Crippen molar-refractivity contribution in [2.24, 2.45) is 0 Å². The van der Waals surface area contributed by atoms with Gasteiger partial charge < -0.3 is 10.6 Å². The lowest BCUT2D eigenvalue weighted by Gasteiger charge is -2.28. The molecule has 150 valence electrons. The molecule has 0 atom stereocenters. The highest BCUT2D eigenvalue weighted by Gasteiger charge is 2.28. The maximum absolute atomic E-state index is 12.9. The highest BCUT2D eigenvalue weighted by atomic mass is 16.2. The molecule has 4 heteroatoms. The fourth-order valence-corrected chi connectivity index (χ4v) is 4.35. The average molecular weight is 396 g/mol. The molecule has 1 amide bonds. The number of para-hydroxylation sites is 1. The summed E-state index contributed by atoms with van der Waals surface area (Å²) in [6.45, 7) is 5.39. The Bertz CT molecular complexity index is 1130. The van der Waals surface area contributed by atoms with Gasteiger partial charge in [0.15, 0.2) is 0 Å². The zero-order chi connectivity index (χ0) is 20.5. The van der Waals surface area contributed by atoms with E-state index in [2.05, 4.69) is 40.7 Å². The number of carbonyl (C=O) groups is 1. The number of carbonyl (C=O) groups excluding carboxylic acids is 1. The molecule has 2 N–H and O–H groups in total. The van der Waals surface area contributed by atoms with Crippen molar-refractivity contribution < 1.29 is 4.79 Å². The van der Waals surface area contributed by atoms with Crippen LogP contribution in [0, 0.1) is 0 Å². The number of rotatable bonds is 4. The molecule has 2 aliphatic rings. The van der Waals surface area contributed by atoms with E-state index in [0.29, 0.717) is 5.57 Å². The highest BCUT2D eigenvalue weighted by Crippen LogP contribution is 2.37. The lowest BCUT2D eigenvalue weighted by atomic mass is 9.97. The van der Waals surface area contributed by atoms with Crippen LogP contribution in [0.5, 0.6) is 0 Å². The van der Waals surface area contributed by atoms with Crippen LogP contribution >= 0.6 is 0 Å². The Labute approximate surface area is 177 Å². The van der Waals surface area contributed by atoms with Gasteiger partial charge in [0.25, 0.3) is 5.91 Å². The summed E-state index contributed by atoms with van der Waals surface area (Å²) in [7, 11) is 0. The van der Waals surface area contributed by atoms with Gasteiger partial charge in [0, 0.05) is 30.0 Å². The maximum atomic E-state index is 12.9. The first-order valence-corrected chi connectivity index (χ1v) is 10.5.